The first kappa shape index (κ1) is 18.5. The zero-order valence-corrected chi connectivity index (χ0v) is 13.5. The second kappa shape index (κ2) is 6.81. The van der Waals surface area contributed by atoms with Crippen molar-refractivity contribution in [1.82, 2.24) is 15.5 Å². The van der Waals surface area contributed by atoms with Gasteiger partial charge in [0.25, 0.3) is 0 Å². The molecule has 8 unspecified atom stereocenters. The SMILES string of the molecule is NC1C2NCN(C3OC(COP(=O)(O)O)C(O)C3O)C2NC[NH+]1[O-]. The van der Waals surface area contributed by atoms with Gasteiger partial charge in [0.05, 0.1) is 19.4 Å². The molecule has 0 aromatic heterocycles. The van der Waals surface area contributed by atoms with Gasteiger partial charge in [0.2, 0.25) is 0 Å². The van der Waals surface area contributed by atoms with Crippen LogP contribution in [-0.4, -0.2) is 87.8 Å². The van der Waals surface area contributed by atoms with E-state index in [9.17, 15) is 20.0 Å². The zero-order valence-electron chi connectivity index (χ0n) is 12.6. The summed E-state index contributed by atoms with van der Waals surface area (Å²) in [4.78, 5) is 19.1. The Morgan fingerprint density at radius 3 is 2.75 bits per heavy atom. The molecule has 24 heavy (non-hydrogen) atoms. The fourth-order valence-corrected chi connectivity index (χ4v) is 3.62. The van der Waals surface area contributed by atoms with Gasteiger partial charge >= 0.3 is 7.82 Å². The van der Waals surface area contributed by atoms with E-state index < -0.39 is 45.1 Å². The van der Waals surface area contributed by atoms with Gasteiger partial charge in [-0.1, -0.05) is 0 Å². The molecule has 3 saturated heterocycles. The number of hydrogen-bond acceptors (Lipinski definition) is 10. The number of rotatable bonds is 4. The molecule has 9 N–H and O–H groups in total. The van der Waals surface area contributed by atoms with Crippen LogP contribution in [-0.2, 0) is 13.8 Å². The van der Waals surface area contributed by atoms with Crippen LogP contribution in [0.25, 0.3) is 0 Å². The minimum absolute atomic E-state index is 0.0800. The van der Waals surface area contributed by atoms with Crippen molar-refractivity contribution in [2.24, 2.45) is 5.73 Å². The second-order valence-electron chi connectivity index (χ2n) is 6.05. The Morgan fingerprint density at radius 1 is 1.38 bits per heavy atom. The first-order chi connectivity index (χ1) is 11.2. The second-order valence-corrected chi connectivity index (χ2v) is 7.29. The lowest BCUT2D eigenvalue weighted by Crippen LogP contribution is -3.19. The molecule has 0 bridgehead atoms. The quantitative estimate of drug-likeness (QED) is 0.172. The molecule has 0 amide bonds. The summed E-state index contributed by atoms with van der Waals surface area (Å²) in [6.45, 7) is -0.236. The van der Waals surface area contributed by atoms with Crippen molar-refractivity contribution in [1.29, 1.82) is 0 Å². The maximum absolute atomic E-state index is 11.7. The highest BCUT2D eigenvalue weighted by Crippen LogP contribution is 2.37. The summed E-state index contributed by atoms with van der Waals surface area (Å²) >= 11 is 0. The molecule has 0 radical (unpaired) electrons. The van der Waals surface area contributed by atoms with Gasteiger partial charge < -0.3 is 35.0 Å². The number of hydrogen-bond donors (Lipinski definition) is 8. The summed E-state index contributed by atoms with van der Waals surface area (Å²) in [5.41, 5.74) is 5.87. The summed E-state index contributed by atoms with van der Waals surface area (Å²) in [6, 6.07) is -0.371. The molecule has 0 spiro atoms. The van der Waals surface area contributed by atoms with Crippen LogP contribution in [0.2, 0.25) is 0 Å². The lowest BCUT2D eigenvalue weighted by Gasteiger charge is -2.43. The molecule has 3 aliphatic rings. The van der Waals surface area contributed by atoms with Gasteiger partial charge in [0.15, 0.2) is 6.17 Å². The highest BCUT2D eigenvalue weighted by atomic mass is 31.2. The van der Waals surface area contributed by atoms with E-state index in [1.165, 1.54) is 0 Å². The summed E-state index contributed by atoms with van der Waals surface area (Å²) in [7, 11) is -4.71. The molecule has 0 saturated carbocycles. The normalized spacial score (nSPS) is 47.1. The topological polar surface area (TPSA) is 197 Å². The number of ether oxygens (including phenoxy) is 1. The van der Waals surface area contributed by atoms with E-state index in [0.717, 1.165) is 0 Å². The third-order valence-electron chi connectivity index (χ3n) is 4.52. The fourth-order valence-electron chi connectivity index (χ4n) is 3.28. The first-order valence-corrected chi connectivity index (χ1v) is 8.94. The molecule has 3 heterocycles. The van der Waals surface area contributed by atoms with Crippen LogP contribution < -0.4 is 21.4 Å². The Hall–Kier alpha value is -0.250. The minimum Gasteiger partial charge on any atom is -0.632 e. The Bertz CT molecular complexity index is 510. The fraction of sp³-hybridized carbons (Fsp3) is 1.00. The number of hydroxylamine groups is 2. The summed E-state index contributed by atoms with van der Waals surface area (Å²) < 4.78 is 20.6. The van der Waals surface area contributed by atoms with Gasteiger partial charge in [0, 0.05) is 0 Å². The van der Waals surface area contributed by atoms with E-state index in [2.05, 4.69) is 15.2 Å². The molecule has 13 nitrogen and oxygen atoms in total. The van der Waals surface area contributed by atoms with E-state index in [0.29, 0.717) is 0 Å². The van der Waals surface area contributed by atoms with Crippen molar-refractivity contribution in [3.63, 3.8) is 0 Å². The van der Waals surface area contributed by atoms with E-state index in [1.54, 1.807) is 4.90 Å². The smallest absolute Gasteiger partial charge is 0.469 e. The summed E-state index contributed by atoms with van der Waals surface area (Å²) in [5, 5.41) is 37.8. The molecule has 3 aliphatic heterocycles. The van der Waals surface area contributed by atoms with E-state index in [1.807, 2.05) is 0 Å². The zero-order chi connectivity index (χ0) is 17.6. The number of aliphatic hydroxyl groups excluding tert-OH is 2. The molecule has 0 aromatic rings. The number of nitrogens with zero attached hydrogens (tertiary/aromatic N) is 1. The molecular formula is C10H22N5O8P. The van der Waals surface area contributed by atoms with Crippen LogP contribution in [0.15, 0.2) is 0 Å². The Balaban J connectivity index is 1.66. The van der Waals surface area contributed by atoms with Crippen molar-refractivity contribution in [2.75, 3.05) is 19.9 Å². The van der Waals surface area contributed by atoms with Gasteiger partial charge in [-0.05, 0) is 0 Å². The highest BCUT2D eigenvalue weighted by Gasteiger charge is 2.53. The Morgan fingerprint density at radius 2 is 2.08 bits per heavy atom. The molecule has 0 aliphatic carbocycles. The highest BCUT2D eigenvalue weighted by molar-refractivity contribution is 7.46. The number of quaternary nitrogens is 1. The molecule has 140 valence electrons. The Kier molecular flexibility index (Phi) is 5.26. The lowest BCUT2D eigenvalue weighted by molar-refractivity contribution is -0.886. The largest absolute Gasteiger partial charge is 0.632 e. The molecule has 14 heteroatoms. The van der Waals surface area contributed by atoms with Crippen molar-refractivity contribution >= 4 is 7.82 Å². The maximum atomic E-state index is 11.7. The average Bonchev–Trinajstić information content (AvgIpc) is 3.04. The number of phosphoric acid groups is 1. The van der Waals surface area contributed by atoms with Gasteiger partial charge in [-0.15, -0.1) is 0 Å². The van der Waals surface area contributed by atoms with Crippen molar-refractivity contribution in [2.45, 2.75) is 42.9 Å². The van der Waals surface area contributed by atoms with E-state index in [-0.39, 0.29) is 30.6 Å². The van der Waals surface area contributed by atoms with Crippen LogP contribution in [0, 0.1) is 5.21 Å². The van der Waals surface area contributed by atoms with E-state index >= 15 is 0 Å². The van der Waals surface area contributed by atoms with Crippen molar-refractivity contribution < 1.29 is 38.9 Å². The van der Waals surface area contributed by atoms with Crippen LogP contribution in [0.4, 0.5) is 0 Å². The third kappa shape index (κ3) is 3.50. The molecular weight excluding hydrogens is 349 g/mol. The maximum Gasteiger partial charge on any atom is 0.469 e. The first-order valence-electron chi connectivity index (χ1n) is 7.41. The van der Waals surface area contributed by atoms with Crippen molar-refractivity contribution in [3.05, 3.63) is 5.21 Å². The van der Waals surface area contributed by atoms with Crippen molar-refractivity contribution in [3.8, 4) is 0 Å². The summed E-state index contributed by atoms with van der Waals surface area (Å²) in [6.07, 6.45) is -5.81. The number of nitrogens with one attached hydrogen (secondary N) is 3. The Labute approximate surface area is 137 Å². The van der Waals surface area contributed by atoms with Crippen LogP contribution in [0.1, 0.15) is 0 Å². The molecule has 8 atom stereocenters. The predicted octanol–water partition coefficient (Wildman–Crippen LogP) is -5.67. The summed E-state index contributed by atoms with van der Waals surface area (Å²) in [5.74, 6) is 0. The number of aliphatic hydroxyl groups is 2. The monoisotopic (exact) mass is 371 g/mol. The van der Waals surface area contributed by atoms with Crippen LogP contribution in [0.5, 0.6) is 0 Å². The molecule has 3 rings (SSSR count). The number of phosphoric ester groups is 1. The number of nitrogens with two attached hydrogens (primary N) is 1. The molecule has 3 fully saturated rings. The van der Waals surface area contributed by atoms with Crippen LogP contribution >= 0.6 is 7.82 Å². The number of fused-ring (bicyclic) bond motifs is 1. The predicted molar refractivity (Wildman–Crippen MR) is 76.4 cm³/mol. The van der Waals surface area contributed by atoms with Gasteiger partial charge in [0.1, 0.15) is 37.3 Å². The third-order valence-corrected chi connectivity index (χ3v) is 5.01. The van der Waals surface area contributed by atoms with Gasteiger partial charge in [-0.2, -0.15) is 0 Å². The van der Waals surface area contributed by atoms with Crippen LogP contribution in [0.3, 0.4) is 0 Å². The average molecular weight is 371 g/mol. The minimum atomic E-state index is -4.71. The van der Waals surface area contributed by atoms with Gasteiger partial charge in [-0.3, -0.25) is 20.9 Å². The lowest BCUT2D eigenvalue weighted by atomic mass is 10.1. The van der Waals surface area contributed by atoms with E-state index in [4.69, 9.17) is 20.3 Å². The molecule has 0 aromatic carbocycles. The van der Waals surface area contributed by atoms with Gasteiger partial charge in [-0.25, -0.2) is 9.46 Å². The standard InChI is InChI=1S/C10H22N5O8P/c11-8-5-9(13-3-15(8)18)14(2-12-5)10-7(17)6(16)4(23-10)1-22-24(19,20)21/h4-10,12-13,15-17H,1-3,11H2,(H2,19,20,21).